The second kappa shape index (κ2) is 7.25. The molecule has 7 heteroatoms. The molecule has 126 valence electrons. The number of hydrogen-bond acceptors (Lipinski definition) is 4. The van der Waals surface area contributed by atoms with Gasteiger partial charge in [0.2, 0.25) is 5.82 Å². The maximum atomic E-state index is 14.2. The van der Waals surface area contributed by atoms with Crippen LogP contribution in [0.5, 0.6) is 5.88 Å². The summed E-state index contributed by atoms with van der Waals surface area (Å²) in [5, 5.41) is 0. The van der Waals surface area contributed by atoms with Crippen LogP contribution in [0.3, 0.4) is 0 Å². The summed E-state index contributed by atoms with van der Waals surface area (Å²) in [6.07, 6.45) is 2.14. The predicted octanol–water partition coefficient (Wildman–Crippen LogP) is 3.23. The van der Waals surface area contributed by atoms with Crippen LogP contribution in [-0.4, -0.2) is 40.0 Å². The zero-order valence-electron chi connectivity index (χ0n) is 13.2. The summed E-state index contributed by atoms with van der Waals surface area (Å²) in [7, 11) is 0. The van der Waals surface area contributed by atoms with Crippen molar-refractivity contribution < 1.29 is 13.9 Å². The molecule has 1 unspecified atom stereocenters. The van der Waals surface area contributed by atoms with Crippen LogP contribution < -0.4 is 4.74 Å². The highest BCUT2D eigenvalue weighted by Gasteiger charge is 2.30. The van der Waals surface area contributed by atoms with E-state index >= 15 is 0 Å². The lowest BCUT2D eigenvalue weighted by Crippen LogP contribution is -2.31. The Morgan fingerprint density at radius 1 is 1.42 bits per heavy atom. The van der Waals surface area contributed by atoms with Crippen LogP contribution in [0.1, 0.15) is 29.4 Å². The van der Waals surface area contributed by atoms with Crippen LogP contribution in [0.2, 0.25) is 0 Å². The minimum Gasteiger partial charge on any atom is -0.470 e. The molecule has 1 fully saturated rings. The number of nitrogens with zero attached hydrogens (tertiary/aromatic N) is 3. The number of hydrogen-bond donors (Lipinski definition) is 0. The average Bonchev–Trinajstić information content (AvgIpc) is 3.05. The van der Waals surface area contributed by atoms with Gasteiger partial charge in [-0.3, -0.25) is 4.79 Å². The fourth-order valence-electron chi connectivity index (χ4n) is 2.69. The van der Waals surface area contributed by atoms with E-state index in [-0.39, 0.29) is 17.9 Å². The molecule has 0 radical (unpaired) electrons. The summed E-state index contributed by atoms with van der Waals surface area (Å²) in [4.78, 5) is 22.0. The smallest absolute Gasteiger partial charge is 0.255 e. The molecule has 0 bridgehead atoms. The lowest BCUT2D eigenvalue weighted by atomic mass is 10.2. The van der Waals surface area contributed by atoms with E-state index in [1.807, 2.05) is 25.1 Å². The van der Waals surface area contributed by atoms with Crippen LogP contribution >= 0.6 is 15.9 Å². The lowest BCUT2D eigenvalue weighted by molar-refractivity contribution is 0.0769. The van der Waals surface area contributed by atoms with Gasteiger partial charge in [0.15, 0.2) is 0 Å². The minimum atomic E-state index is -0.518. The van der Waals surface area contributed by atoms with Gasteiger partial charge in [0.05, 0.1) is 17.8 Å². The molecular formula is C17H17BrFN3O2. The third-order valence-electron chi connectivity index (χ3n) is 3.98. The predicted molar refractivity (Wildman–Crippen MR) is 90.4 cm³/mol. The number of carbonyl (C=O) groups is 1. The molecule has 1 aromatic heterocycles. The van der Waals surface area contributed by atoms with Gasteiger partial charge < -0.3 is 9.64 Å². The Kier molecular flexibility index (Phi) is 5.08. The Balaban J connectivity index is 1.68. The van der Waals surface area contributed by atoms with E-state index in [0.29, 0.717) is 37.2 Å². The van der Waals surface area contributed by atoms with Crippen molar-refractivity contribution in [2.45, 2.75) is 25.9 Å². The van der Waals surface area contributed by atoms with Crippen LogP contribution in [0.15, 0.2) is 35.1 Å². The molecule has 0 saturated carbocycles. The fraction of sp³-hybridized carbons (Fsp3) is 0.353. The molecule has 1 aromatic carbocycles. The molecule has 1 atom stereocenters. The van der Waals surface area contributed by atoms with Crippen molar-refractivity contribution in [2.75, 3.05) is 13.1 Å². The molecule has 1 aliphatic rings. The number of benzene rings is 1. The molecular weight excluding hydrogens is 377 g/mol. The standard InChI is InChI=1S/C17H17BrFN3O2/c1-2-14-15(19)16(21-10-20-14)24-11-7-8-22(9-11)17(23)12-5-3-4-6-13(12)18/h3-6,10-11H,2,7-9H2,1H3. The first kappa shape index (κ1) is 16.8. The van der Waals surface area contributed by atoms with Crippen molar-refractivity contribution in [2.24, 2.45) is 0 Å². The van der Waals surface area contributed by atoms with E-state index < -0.39 is 5.82 Å². The number of rotatable bonds is 4. The average molecular weight is 394 g/mol. The van der Waals surface area contributed by atoms with Crippen molar-refractivity contribution in [3.8, 4) is 5.88 Å². The Labute approximate surface area is 148 Å². The number of amides is 1. The van der Waals surface area contributed by atoms with E-state index in [0.717, 1.165) is 4.47 Å². The second-order valence-electron chi connectivity index (χ2n) is 5.55. The van der Waals surface area contributed by atoms with Crippen molar-refractivity contribution >= 4 is 21.8 Å². The number of aromatic nitrogens is 2. The Bertz CT molecular complexity index is 756. The Morgan fingerprint density at radius 2 is 2.21 bits per heavy atom. The molecule has 1 amide bonds. The van der Waals surface area contributed by atoms with Gasteiger partial charge in [-0.05, 0) is 34.5 Å². The van der Waals surface area contributed by atoms with E-state index in [1.54, 1.807) is 11.0 Å². The number of halogens is 2. The highest BCUT2D eigenvalue weighted by atomic mass is 79.9. The van der Waals surface area contributed by atoms with E-state index in [1.165, 1.54) is 6.33 Å². The zero-order valence-corrected chi connectivity index (χ0v) is 14.8. The quantitative estimate of drug-likeness (QED) is 0.799. The molecule has 0 N–H and O–H groups in total. The summed E-state index contributed by atoms with van der Waals surface area (Å²) in [5.41, 5.74) is 0.943. The van der Waals surface area contributed by atoms with Gasteiger partial charge in [-0.15, -0.1) is 0 Å². The monoisotopic (exact) mass is 393 g/mol. The molecule has 5 nitrogen and oxygen atoms in total. The summed E-state index contributed by atoms with van der Waals surface area (Å²) in [6.45, 7) is 2.80. The molecule has 0 spiro atoms. The highest BCUT2D eigenvalue weighted by Crippen LogP contribution is 2.24. The minimum absolute atomic E-state index is 0.0398. The van der Waals surface area contributed by atoms with Crippen molar-refractivity contribution in [3.63, 3.8) is 0 Å². The van der Waals surface area contributed by atoms with Gasteiger partial charge in [-0.1, -0.05) is 19.1 Å². The molecule has 0 aliphatic carbocycles. The summed E-state index contributed by atoms with van der Waals surface area (Å²) in [5.74, 6) is -0.622. The van der Waals surface area contributed by atoms with Gasteiger partial charge in [0.25, 0.3) is 11.8 Å². The van der Waals surface area contributed by atoms with Gasteiger partial charge in [0.1, 0.15) is 12.4 Å². The largest absolute Gasteiger partial charge is 0.470 e. The summed E-state index contributed by atoms with van der Waals surface area (Å²) >= 11 is 3.39. The third-order valence-corrected chi connectivity index (χ3v) is 4.67. The van der Waals surface area contributed by atoms with Crippen LogP contribution in [0, 0.1) is 5.82 Å². The van der Waals surface area contributed by atoms with Crippen LogP contribution in [-0.2, 0) is 6.42 Å². The molecule has 3 rings (SSSR count). The first-order valence-electron chi connectivity index (χ1n) is 7.80. The van der Waals surface area contributed by atoms with Crippen molar-refractivity contribution in [1.29, 1.82) is 0 Å². The number of carbonyl (C=O) groups excluding carboxylic acids is 1. The normalized spacial score (nSPS) is 17.1. The molecule has 1 aliphatic heterocycles. The van der Waals surface area contributed by atoms with Crippen LogP contribution in [0.25, 0.3) is 0 Å². The number of aryl methyl sites for hydroxylation is 1. The highest BCUT2D eigenvalue weighted by molar-refractivity contribution is 9.10. The van der Waals surface area contributed by atoms with Crippen molar-refractivity contribution in [3.05, 3.63) is 52.1 Å². The van der Waals surface area contributed by atoms with Crippen molar-refractivity contribution in [1.82, 2.24) is 14.9 Å². The topological polar surface area (TPSA) is 55.3 Å². The zero-order chi connectivity index (χ0) is 17.1. The second-order valence-corrected chi connectivity index (χ2v) is 6.41. The van der Waals surface area contributed by atoms with E-state index in [4.69, 9.17) is 4.74 Å². The SMILES string of the molecule is CCc1ncnc(OC2CCN(C(=O)c3ccccc3Br)C2)c1F. The first-order valence-corrected chi connectivity index (χ1v) is 8.59. The molecule has 2 aromatic rings. The molecule has 24 heavy (non-hydrogen) atoms. The fourth-order valence-corrected chi connectivity index (χ4v) is 3.14. The van der Waals surface area contributed by atoms with E-state index in [2.05, 4.69) is 25.9 Å². The van der Waals surface area contributed by atoms with Gasteiger partial charge in [-0.25, -0.2) is 4.98 Å². The number of ether oxygens (including phenoxy) is 1. The lowest BCUT2D eigenvalue weighted by Gasteiger charge is -2.18. The van der Waals surface area contributed by atoms with Gasteiger partial charge in [0, 0.05) is 17.4 Å². The first-order chi connectivity index (χ1) is 11.6. The summed E-state index contributed by atoms with van der Waals surface area (Å²) in [6, 6.07) is 7.29. The van der Waals surface area contributed by atoms with E-state index in [9.17, 15) is 9.18 Å². The Morgan fingerprint density at radius 3 is 2.96 bits per heavy atom. The molecule has 2 heterocycles. The molecule has 1 saturated heterocycles. The van der Waals surface area contributed by atoms with Gasteiger partial charge in [-0.2, -0.15) is 9.37 Å². The maximum Gasteiger partial charge on any atom is 0.255 e. The third kappa shape index (κ3) is 3.40. The number of likely N-dealkylation sites (tertiary alicyclic amines) is 1. The summed E-state index contributed by atoms with van der Waals surface area (Å²) < 4.78 is 20.6. The van der Waals surface area contributed by atoms with Gasteiger partial charge >= 0.3 is 0 Å². The maximum absolute atomic E-state index is 14.2. The Hall–Kier alpha value is -2.02. The van der Waals surface area contributed by atoms with Crippen LogP contribution in [0.4, 0.5) is 4.39 Å².